The highest BCUT2D eigenvalue weighted by Crippen LogP contribution is 2.67. The van der Waals surface area contributed by atoms with E-state index in [0.717, 1.165) is 56.1 Å². The van der Waals surface area contributed by atoms with Crippen molar-refractivity contribution in [3.63, 3.8) is 0 Å². The standard InChI is InChI=1S/C26H46N2O2/c1-25-13-11-21(29)17-19(25)7-9-22-23-10-8-20(26(23,2)14-12-24(22)25)18-27-30-16-6-5-15-28(3)4/h18-24,29H,5-17H2,1-4H3/b27-18+/t19-,20-,21+,22+,23+,24+,25+,26-/m1/s1. The van der Waals surface area contributed by atoms with Gasteiger partial charge in [0.1, 0.15) is 6.61 Å². The van der Waals surface area contributed by atoms with Crippen LogP contribution in [-0.2, 0) is 4.84 Å². The van der Waals surface area contributed by atoms with Gasteiger partial charge >= 0.3 is 0 Å². The van der Waals surface area contributed by atoms with E-state index in [1.165, 1.54) is 51.4 Å². The minimum atomic E-state index is -0.0385. The monoisotopic (exact) mass is 418 g/mol. The zero-order valence-corrected chi connectivity index (χ0v) is 20.0. The first-order chi connectivity index (χ1) is 14.3. The number of aliphatic hydroxyl groups is 1. The van der Waals surface area contributed by atoms with E-state index in [1.54, 1.807) is 0 Å². The largest absolute Gasteiger partial charge is 0.396 e. The zero-order valence-electron chi connectivity index (χ0n) is 20.0. The van der Waals surface area contributed by atoms with Crippen molar-refractivity contribution in [1.82, 2.24) is 4.90 Å². The van der Waals surface area contributed by atoms with E-state index in [-0.39, 0.29) is 6.10 Å². The van der Waals surface area contributed by atoms with Crippen LogP contribution in [0.1, 0.15) is 84.5 Å². The SMILES string of the molecule is CN(C)CCCCO/N=C/[C@H]1CC[C@H]2[C@@H]3CC[C@@H]4C[C@@H](O)CC[C@]4(C)[C@H]3CC[C@]12C. The molecule has 0 aliphatic heterocycles. The lowest BCUT2D eigenvalue weighted by Crippen LogP contribution is -2.54. The van der Waals surface area contributed by atoms with Crippen LogP contribution in [0.25, 0.3) is 0 Å². The molecule has 0 aromatic rings. The molecule has 4 nitrogen and oxygen atoms in total. The molecule has 0 saturated heterocycles. The van der Waals surface area contributed by atoms with Crippen LogP contribution < -0.4 is 0 Å². The highest BCUT2D eigenvalue weighted by molar-refractivity contribution is 5.62. The molecule has 4 aliphatic rings. The Bertz CT molecular complexity index is 608. The number of rotatable bonds is 7. The smallest absolute Gasteiger partial charge is 0.117 e. The Morgan fingerprint density at radius 1 is 0.967 bits per heavy atom. The van der Waals surface area contributed by atoms with Gasteiger partial charge in [-0.15, -0.1) is 0 Å². The van der Waals surface area contributed by atoms with Gasteiger partial charge in [-0.25, -0.2) is 0 Å². The van der Waals surface area contributed by atoms with Crippen LogP contribution in [0.15, 0.2) is 5.16 Å². The third-order valence-corrected chi connectivity index (χ3v) is 10.1. The molecule has 4 heteroatoms. The fourth-order valence-corrected chi connectivity index (χ4v) is 8.28. The van der Waals surface area contributed by atoms with Crippen molar-refractivity contribution in [2.24, 2.45) is 45.6 Å². The average Bonchev–Trinajstić information content (AvgIpc) is 3.04. The molecule has 0 aromatic carbocycles. The van der Waals surface area contributed by atoms with Gasteiger partial charge in [0.25, 0.3) is 0 Å². The molecule has 0 aromatic heterocycles. The highest BCUT2D eigenvalue weighted by Gasteiger charge is 2.59. The molecule has 4 rings (SSSR count). The summed E-state index contributed by atoms with van der Waals surface area (Å²) in [4.78, 5) is 7.86. The molecule has 0 amide bonds. The molecule has 4 aliphatic carbocycles. The van der Waals surface area contributed by atoms with Gasteiger partial charge in [0, 0.05) is 12.1 Å². The van der Waals surface area contributed by atoms with Crippen LogP contribution in [0.5, 0.6) is 0 Å². The van der Waals surface area contributed by atoms with Crippen molar-refractivity contribution in [2.45, 2.75) is 90.6 Å². The fourth-order valence-electron chi connectivity index (χ4n) is 8.28. The molecule has 30 heavy (non-hydrogen) atoms. The Labute approximate surface area is 184 Å². The van der Waals surface area contributed by atoms with Crippen LogP contribution in [-0.4, -0.2) is 49.6 Å². The van der Waals surface area contributed by atoms with Crippen LogP contribution in [0.2, 0.25) is 0 Å². The molecular weight excluding hydrogens is 372 g/mol. The summed E-state index contributed by atoms with van der Waals surface area (Å²) in [5, 5.41) is 14.7. The maximum absolute atomic E-state index is 10.2. The van der Waals surface area contributed by atoms with E-state index in [9.17, 15) is 5.11 Å². The van der Waals surface area contributed by atoms with Crippen LogP contribution in [0.3, 0.4) is 0 Å². The topological polar surface area (TPSA) is 45.1 Å². The van der Waals surface area contributed by atoms with Gasteiger partial charge in [0.2, 0.25) is 0 Å². The molecule has 4 saturated carbocycles. The Balaban J connectivity index is 1.34. The Morgan fingerprint density at radius 3 is 2.53 bits per heavy atom. The molecule has 0 radical (unpaired) electrons. The summed E-state index contributed by atoms with van der Waals surface area (Å²) in [6.07, 6.45) is 15.9. The second-order valence-electron chi connectivity index (χ2n) is 11.9. The van der Waals surface area contributed by atoms with Crippen molar-refractivity contribution in [3.8, 4) is 0 Å². The lowest BCUT2D eigenvalue weighted by atomic mass is 9.45. The third-order valence-electron chi connectivity index (χ3n) is 10.1. The molecule has 8 atom stereocenters. The highest BCUT2D eigenvalue weighted by atomic mass is 16.6. The van der Waals surface area contributed by atoms with E-state index in [2.05, 4.69) is 44.2 Å². The van der Waals surface area contributed by atoms with Gasteiger partial charge < -0.3 is 14.8 Å². The normalized spacial score (nSPS) is 45.9. The van der Waals surface area contributed by atoms with Crippen LogP contribution in [0.4, 0.5) is 0 Å². The minimum Gasteiger partial charge on any atom is -0.396 e. The number of nitrogens with zero attached hydrogens (tertiary/aromatic N) is 2. The number of hydrogen-bond acceptors (Lipinski definition) is 4. The zero-order chi connectivity index (χ0) is 21.4. The van der Waals surface area contributed by atoms with Gasteiger partial charge in [-0.3, -0.25) is 0 Å². The van der Waals surface area contributed by atoms with Crippen molar-refractivity contribution in [2.75, 3.05) is 27.2 Å². The number of hydrogen-bond donors (Lipinski definition) is 1. The molecule has 0 unspecified atom stereocenters. The Kier molecular flexibility index (Phi) is 6.85. The lowest BCUT2D eigenvalue weighted by molar-refractivity contribution is -0.123. The van der Waals surface area contributed by atoms with Gasteiger partial charge in [-0.05, 0) is 126 Å². The van der Waals surface area contributed by atoms with E-state index >= 15 is 0 Å². The number of unbranched alkanes of at least 4 members (excludes halogenated alkanes) is 1. The summed E-state index contributed by atoms with van der Waals surface area (Å²) < 4.78 is 0. The Hall–Kier alpha value is -0.610. The predicted octanol–water partition coefficient (Wildman–Crippen LogP) is 5.35. The molecule has 4 fully saturated rings. The maximum Gasteiger partial charge on any atom is 0.117 e. The predicted molar refractivity (Wildman–Crippen MR) is 123 cm³/mol. The van der Waals surface area contributed by atoms with Crippen LogP contribution in [0, 0.1) is 40.4 Å². The van der Waals surface area contributed by atoms with E-state index in [0.29, 0.717) is 16.7 Å². The first kappa shape index (κ1) is 22.6. The fraction of sp³-hybridized carbons (Fsp3) is 0.962. The first-order valence-electron chi connectivity index (χ1n) is 12.8. The number of fused-ring (bicyclic) bond motifs is 5. The quantitative estimate of drug-likeness (QED) is 0.344. The summed E-state index contributed by atoms with van der Waals surface area (Å²) >= 11 is 0. The van der Waals surface area contributed by atoms with Crippen molar-refractivity contribution in [3.05, 3.63) is 0 Å². The molecule has 1 N–H and O–H groups in total. The third kappa shape index (κ3) is 4.20. The molecule has 172 valence electrons. The second kappa shape index (κ2) is 9.10. The molecule has 0 bridgehead atoms. The van der Waals surface area contributed by atoms with Crippen molar-refractivity contribution in [1.29, 1.82) is 0 Å². The van der Waals surface area contributed by atoms with Crippen LogP contribution >= 0.6 is 0 Å². The van der Waals surface area contributed by atoms with E-state index in [1.807, 2.05) is 0 Å². The van der Waals surface area contributed by atoms with Gasteiger partial charge in [0.15, 0.2) is 0 Å². The van der Waals surface area contributed by atoms with E-state index in [4.69, 9.17) is 4.84 Å². The molecule has 0 spiro atoms. The van der Waals surface area contributed by atoms with Gasteiger partial charge in [0.05, 0.1) is 6.10 Å². The maximum atomic E-state index is 10.2. The van der Waals surface area contributed by atoms with Crippen molar-refractivity contribution < 1.29 is 9.94 Å². The summed E-state index contributed by atoms with van der Waals surface area (Å²) in [5.41, 5.74) is 0.891. The van der Waals surface area contributed by atoms with Gasteiger partial charge in [-0.1, -0.05) is 19.0 Å². The average molecular weight is 419 g/mol. The number of oxime groups is 1. The van der Waals surface area contributed by atoms with Gasteiger partial charge in [-0.2, -0.15) is 0 Å². The lowest BCUT2D eigenvalue weighted by Gasteiger charge is -2.60. The van der Waals surface area contributed by atoms with Crippen molar-refractivity contribution >= 4 is 6.21 Å². The second-order valence-corrected chi connectivity index (χ2v) is 11.9. The minimum absolute atomic E-state index is 0.0385. The summed E-state index contributed by atoms with van der Waals surface area (Å²) in [6.45, 7) is 7.01. The summed E-state index contributed by atoms with van der Waals surface area (Å²) in [7, 11) is 4.24. The Morgan fingerprint density at radius 2 is 1.73 bits per heavy atom. The first-order valence-corrected chi connectivity index (χ1v) is 12.8. The number of aliphatic hydroxyl groups excluding tert-OH is 1. The van der Waals surface area contributed by atoms with E-state index < -0.39 is 0 Å². The molecule has 0 heterocycles. The molecular formula is C26H46N2O2. The summed E-state index contributed by atoms with van der Waals surface area (Å²) in [5.74, 6) is 3.98. The summed E-state index contributed by atoms with van der Waals surface area (Å²) in [6, 6.07) is 0.